The third kappa shape index (κ3) is 7.53. The Kier molecular flexibility index (Phi) is 8.81. The van der Waals surface area contributed by atoms with E-state index in [0.29, 0.717) is 11.0 Å². The number of amidine groups is 1. The van der Waals surface area contributed by atoms with Gasteiger partial charge in [0.15, 0.2) is 0 Å². The standard InChI is InChI=1S/C17H19ClF3N5OS/c1-2-8-22-12-28-27-25-16(17(19,20)21)24-15-5-3-4-9-26(15)11-13-6-7-14(18)23-10-13/h3-7,9-10,22H,2,8,11-12H2,1H3. The van der Waals surface area contributed by atoms with Crippen molar-refractivity contribution in [3.8, 4) is 0 Å². The maximum atomic E-state index is 13.3. The summed E-state index contributed by atoms with van der Waals surface area (Å²) in [4.78, 5) is 7.63. The Morgan fingerprint density at radius 1 is 1.32 bits per heavy atom. The number of pyridine rings is 2. The van der Waals surface area contributed by atoms with E-state index < -0.39 is 12.0 Å². The number of nitrogens with one attached hydrogen (secondary N) is 1. The van der Waals surface area contributed by atoms with Crippen LogP contribution in [0.1, 0.15) is 18.9 Å². The van der Waals surface area contributed by atoms with E-state index in [-0.39, 0.29) is 12.0 Å². The van der Waals surface area contributed by atoms with Crippen molar-refractivity contribution < 1.29 is 17.5 Å². The molecule has 0 saturated carbocycles. The fourth-order valence-electron chi connectivity index (χ4n) is 2.02. The molecular formula is C17H19ClF3N5OS. The summed E-state index contributed by atoms with van der Waals surface area (Å²) >= 11 is 6.53. The Morgan fingerprint density at radius 3 is 2.82 bits per heavy atom. The van der Waals surface area contributed by atoms with Crippen LogP contribution in [0.5, 0.6) is 0 Å². The molecule has 0 aliphatic carbocycles. The molecule has 0 aliphatic heterocycles. The van der Waals surface area contributed by atoms with Crippen LogP contribution in [0.25, 0.3) is 0 Å². The molecule has 28 heavy (non-hydrogen) atoms. The van der Waals surface area contributed by atoms with Crippen LogP contribution >= 0.6 is 23.6 Å². The molecule has 0 aliphatic rings. The average Bonchev–Trinajstić information content (AvgIpc) is 2.66. The molecule has 2 rings (SSSR count). The number of hydrogen-bond donors (Lipinski definition) is 1. The highest BCUT2D eigenvalue weighted by Gasteiger charge is 2.37. The second-order valence-corrected chi connectivity index (χ2v) is 6.60. The van der Waals surface area contributed by atoms with Gasteiger partial charge in [-0.15, -0.1) is 0 Å². The zero-order chi connectivity index (χ0) is 20.4. The van der Waals surface area contributed by atoms with Gasteiger partial charge in [0.1, 0.15) is 22.7 Å². The first-order chi connectivity index (χ1) is 13.4. The number of aromatic nitrogens is 2. The molecule has 0 amide bonds. The second-order valence-electron chi connectivity index (χ2n) is 5.54. The highest BCUT2D eigenvalue weighted by molar-refractivity contribution is 7.94. The monoisotopic (exact) mass is 433 g/mol. The molecule has 0 aromatic carbocycles. The molecule has 0 atom stereocenters. The van der Waals surface area contributed by atoms with Gasteiger partial charge in [-0.25, -0.2) is 9.98 Å². The van der Waals surface area contributed by atoms with Crippen LogP contribution < -0.4 is 10.8 Å². The van der Waals surface area contributed by atoms with E-state index in [2.05, 4.69) is 20.4 Å². The molecule has 2 heterocycles. The molecule has 2 aromatic heterocycles. The predicted molar refractivity (Wildman–Crippen MR) is 104 cm³/mol. The molecule has 0 saturated heterocycles. The van der Waals surface area contributed by atoms with Gasteiger partial charge in [-0.05, 0) is 41.9 Å². The van der Waals surface area contributed by atoms with Crippen molar-refractivity contribution in [3.63, 3.8) is 0 Å². The molecule has 1 N–H and O–H groups in total. The Labute approximate surface area is 169 Å². The van der Waals surface area contributed by atoms with Crippen LogP contribution in [-0.2, 0) is 10.8 Å². The van der Waals surface area contributed by atoms with E-state index in [1.165, 1.54) is 6.07 Å². The summed E-state index contributed by atoms with van der Waals surface area (Å²) in [6.07, 6.45) is -0.684. The van der Waals surface area contributed by atoms with Crippen LogP contribution in [0.15, 0.2) is 52.9 Å². The normalized spacial score (nSPS) is 13.0. The first kappa shape index (κ1) is 22.3. The van der Waals surface area contributed by atoms with E-state index >= 15 is 0 Å². The number of rotatable bonds is 8. The van der Waals surface area contributed by atoms with Gasteiger partial charge in [-0.1, -0.05) is 30.7 Å². The summed E-state index contributed by atoms with van der Waals surface area (Å²) < 4.78 is 46.1. The molecule has 0 bridgehead atoms. The maximum Gasteiger partial charge on any atom is 0.455 e. The topological polar surface area (TPSA) is 63.8 Å². The van der Waals surface area contributed by atoms with Gasteiger partial charge in [0.05, 0.1) is 12.4 Å². The predicted octanol–water partition coefficient (Wildman–Crippen LogP) is 3.98. The minimum absolute atomic E-state index is 0.0752. The summed E-state index contributed by atoms with van der Waals surface area (Å²) in [6, 6.07) is 8.09. The van der Waals surface area contributed by atoms with Crippen LogP contribution in [-0.4, -0.2) is 34.0 Å². The van der Waals surface area contributed by atoms with Crippen molar-refractivity contribution in [1.29, 1.82) is 0 Å². The van der Waals surface area contributed by atoms with Crippen LogP contribution in [0.2, 0.25) is 5.15 Å². The van der Waals surface area contributed by atoms with E-state index in [4.69, 9.17) is 15.9 Å². The van der Waals surface area contributed by atoms with E-state index in [1.807, 2.05) is 6.92 Å². The lowest BCUT2D eigenvalue weighted by Gasteiger charge is -2.09. The molecule has 2 aromatic rings. The molecule has 0 spiro atoms. The van der Waals surface area contributed by atoms with Gasteiger partial charge in [-0.2, -0.15) is 13.2 Å². The Morgan fingerprint density at radius 2 is 2.14 bits per heavy atom. The van der Waals surface area contributed by atoms with Gasteiger partial charge in [0, 0.05) is 12.4 Å². The lowest BCUT2D eigenvalue weighted by atomic mass is 10.3. The smallest absolute Gasteiger partial charge is 0.328 e. The van der Waals surface area contributed by atoms with Gasteiger partial charge < -0.3 is 14.2 Å². The quantitative estimate of drug-likeness (QED) is 0.130. The van der Waals surface area contributed by atoms with Gasteiger partial charge in [-0.3, -0.25) is 0 Å². The average molecular weight is 434 g/mol. The minimum atomic E-state index is -4.76. The van der Waals surface area contributed by atoms with Gasteiger partial charge in [0.25, 0.3) is 5.84 Å². The number of alkyl halides is 3. The highest BCUT2D eigenvalue weighted by atomic mass is 35.5. The fourth-order valence-corrected chi connectivity index (χ4v) is 2.54. The summed E-state index contributed by atoms with van der Waals surface area (Å²) in [6.45, 7) is 2.98. The van der Waals surface area contributed by atoms with E-state index in [9.17, 15) is 13.2 Å². The van der Waals surface area contributed by atoms with Crippen molar-refractivity contribution >= 4 is 29.5 Å². The molecule has 0 fully saturated rings. The van der Waals surface area contributed by atoms with E-state index in [0.717, 1.165) is 30.6 Å². The molecule has 6 nitrogen and oxygen atoms in total. The summed E-state index contributed by atoms with van der Waals surface area (Å²) in [5.41, 5.74) is 0.836. The first-order valence-electron chi connectivity index (χ1n) is 8.35. The maximum absolute atomic E-state index is 13.3. The van der Waals surface area contributed by atoms with Gasteiger partial charge >= 0.3 is 6.18 Å². The van der Waals surface area contributed by atoms with Crippen molar-refractivity contribution in [2.75, 3.05) is 12.4 Å². The van der Waals surface area contributed by atoms with Crippen molar-refractivity contribution in [1.82, 2.24) is 14.9 Å². The zero-order valence-electron chi connectivity index (χ0n) is 15.0. The third-order valence-electron chi connectivity index (χ3n) is 3.30. The fraction of sp³-hybridized carbons (Fsp3) is 0.353. The molecule has 0 unspecified atom stereocenters. The Hall–Kier alpha value is -2.04. The second kappa shape index (κ2) is 11.1. The highest BCUT2D eigenvalue weighted by Crippen LogP contribution is 2.19. The van der Waals surface area contributed by atoms with Gasteiger partial charge in [0.2, 0.25) is 0 Å². The lowest BCUT2D eigenvalue weighted by Crippen LogP contribution is -2.28. The SMILES string of the molecule is CCCNCSON=C(N=c1ccccn1Cc1ccc(Cl)nc1)C(F)(F)F. The Balaban J connectivity index is 2.22. The van der Waals surface area contributed by atoms with Crippen LogP contribution in [0.4, 0.5) is 13.2 Å². The van der Waals surface area contributed by atoms with Crippen LogP contribution in [0, 0.1) is 0 Å². The van der Waals surface area contributed by atoms with Crippen molar-refractivity contribution in [2.45, 2.75) is 26.1 Å². The molecule has 152 valence electrons. The summed E-state index contributed by atoms with van der Waals surface area (Å²) in [5, 5.41) is 6.46. The number of oxime groups is 1. The largest absolute Gasteiger partial charge is 0.455 e. The van der Waals surface area contributed by atoms with Crippen LogP contribution in [0.3, 0.4) is 0 Å². The lowest BCUT2D eigenvalue weighted by molar-refractivity contribution is -0.0615. The van der Waals surface area contributed by atoms with Crippen molar-refractivity contribution in [3.05, 3.63) is 58.9 Å². The molecule has 0 radical (unpaired) electrons. The summed E-state index contributed by atoms with van der Waals surface area (Å²) in [7, 11) is 0. The van der Waals surface area contributed by atoms with Crippen molar-refractivity contribution in [2.24, 2.45) is 10.1 Å². The summed E-state index contributed by atoms with van der Waals surface area (Å²) in [5.74, 6) is -1.05. The molecule has 11 heteroatoms. The molecular weight excluding hydrogens is 415 g/mol. The number of halogens is 4. The Bertz CT molecular complexity index is 840. The van der Waals surface area contributed by atoms with E-state index in [1.54, 1.807) is 41.2 Å². The third-order valence-corrected chi connectivity index (χ3v) is 4.02. The number of nitrogens with zero attached hydrogens (tertiary/aromatic N) is 4. The minimum Gasteiger partial charge on any atom is -0.328 e. The number of hydrogen-bond acceptors (Lipinski definition) is 5. The zero-order valence-corrected chi connectivity index (χ0v) is 16.6. The first-order valence-corrected chi connectivity index (χ1v) is 9.64.